The summed E-state index contributed by atoms with van der Waals surface area (Å²) in [5, 5.41) is 2.84. The molecule has 1 aliphatic heterocycles. The largest absolute Gasteiger partial charge is 0.327 e. The van der Waals surface area contributed by atoms with E-state index in [9.17, 15) is 14.0 Å². The van der Waals surface area contributed by atoms with Crippen LogP contribution < -0.4 is 5.32 Å². The first kappa shape index (κ1) is 16.2. The first-order chi connectivity index (χ1) is 11.6. The summed E-state index contributed by atoms with van der Waals surface area (Å²) in [5.41, 5.74) is 1.80. The highest BCUT2D eigenvalue weighted by atomic mass is 19.1. The summed E-state index contributed by atoms with van der Waals surface area (Å²) >= 11 is 0. The molecule has 2 aromatic carbocycles. The van der Waals surface area contributed by atoms with Gasteiger partial charge in [-0.05, 0) is 44.0 Å². The van der Waals surface area contributed by atoms with Gasteiger partial charge in [0.15, 0.2) is 0 Å². The summed E-state index contributed by atoms with van der Waals surface area (Å²) in [6, 6.07) is 12.8. The van der Waals surface area contributed by atoms with Crippen molar-refractivity contribution in [2.24, 2.45) is 0 Å². The molecule has 0 saturated carbocycles. The van der Waals surface area contributed by atoms with Crippen LogP contribution in [0.25, 0.3) is 0 Å². The van der Waals surface area contributed by atoms with Crippen molar-refractivity contribution in [2.75, 3.05) is 11.9 Å². The fraction of sp³-hybridized carbons (Fsp3) is 0.263. The molecular formula is C19H19FN2O2. The third-order valence-corrected chi connectivity index (χ3v) is 4.24. The number of halogens is 1. The van der Waals surface area contributed by atoms with Gasteiger partial charge in [-0.2, -0.15) is 0 Å². The zero-order valence-corrected chi connectivity index (χ0v) is 13.5. The number of hydrogen-bond acceptors (Lipinski definition) is 2. The molecule has 1 saturated heterocycles. The zero-order chi connectivity index (χ0) is 17.1. The Morgan fingerprint density at radius 1 is 1.12 bits per heavy atom. The maximum atomic E-state index is 13.9. The van der Waals surface area contributed by atoms with E-state index >= 15 is 0 Å². The summed E-state index contributed by atoms with van der Waals surface area (Å²) in [7, 11) is 0. The molecule has 1 N–H and O–H groups in total. The van der Waals surface area contributed by atoms with Crippen LogP contribution in [0.3, 0.4) is 0 Å². The zero-order valence-electron chi connectivity index (χ0n) is 13.5. The molecule has 1 aliphatic rings. The maximum absolute atomic E-state index is 13.9. The third-order valence-electron chi connectivity index (χ3n) is 4.24. The molecule has 0 bridgehead atoms. The first-order valence-corrected chi connectivity index (χ1v) is 7.99. The predicted molar refractivity (Wildman–Crippen MR) is 90.3 cm³/mol. The summed E-state index contributed by atoms with van der Waals surface area (Å²) in [6.45, 7) is 2.43. The molecule has 1 fully saturated rings. The van der Waals surface area contributed by atoms with Crippen molar-refractivity contribution >= 4 is 17.5 Å². The number of aryl methyl sites for hydroxylation is 1. The molecular weight excluding hydrogens is 307 g/mol. The van der Waals surface area contributed by atoms with Crippen LogP contribution >= 0.6 is 0 Å². The van der Waals surface area contributed by atoms with Gasteiger partial charge in [-0.1, -0.05) is 29.8 Å². The van der Waals surface area contributed by atoms with Crippen LogP contribution in [0.2, 0.25) is 0 Å². The van der Waals surface area contributed by atoms with Crippen LogP contribution in [0.5, 0.6) is 0 Å². The first-order valence-electron chi connectivity index (χ1n) is 7.99. The fourth-order valence-electron chi connectivity index (χ4n) is 2.93. The molecule has 2 amide bonds. The molecule has 2 aromatic rings. The van der Waals surface area contributed by atoms with E-state index in [1.807, 2.05) is 31.2 Å². The molecule has 0 unspecified atom stereocenters. The minimum absolute atomic E-state index is 0.00698. The lowest BCUT2D eigenvalue weighted by Gasteiger charge is -2.24. The Hall–Kier alpha value is -2.69. The van der Waals surface area contributed by atoms with E-state index in [0.717, 1.165) is 12.0 Å². The van der Waals surface area contributed by atoms with E-state index < -0.39 is 17.8 Å². The Balaban J connectivity index is 1.75. The van der Waals surface area contributed by atoms with Gasteiger partial charge in [0.2, 0.25) is 5.91 Å². The second-order valence-electron chi connectivity index (χ2n) is 5.99. The monoisotopic (exact) mass is 326 g/mol. The molecule has 124 valence electrons. The Labute approximate surface area is 140 Å². The average molecular weight is 326 g/mol. The predicted octanol–water partition coefficient (Wildman–Crippen LogP) is 3.38. The number of nitrogens with one attached hydrogen (secondary N) is 1. The van der Waals surface area contributed by atoms with E-state index in [-0.39, 0.29) is 11.5 Å². The number of carbonyl (C=O) groups excluding carboxylic acids is 2. The molecule has 0 spiro atoms. The number of amides is 2. The normalized spacial score (nSPS) is 16.9. The van der Waals surface area contributed by atoms with E-state index in [1.54, 1.807) is 6.07 Å². The van der Waals surface area contributed by atoms with Gasteiger partial charge < -0.3 is 10.2 Å². The number of carbonyl (C=O) groups is 2. The van der Waals surface area contributed by atoms with Crippen LogP contribution in [-0.2, 0) is 4.79 Å². The molecule has 5 heteroatoms. The van der Waals surface area contributed by atoms with Crippen molar-refractivity contribution < 1.29 is 14.0 Å². The number of rotatable bonds is 3. The molecule has 1 heterocycles. The standard InChI is InChI=1S/C19H19FN2O2/c1-13-8-10-14(11-9-13)21-18(23)17-7-4-12-22(17)19(24)15-5-2-3-6-16(15)20/h2-3,5-6,8-11,17H,4,7,12H2,1H3,(H,21,23)/t17-/m0/s1. The molecule has 1 atom stereocenters. The minimum Gasteiger partial charge on any atom is -0.327 e. The van der Waals surface area contributed by atoms with E-state index in [2.05, 4.69) is 5.32 Å². The average Bonchev–Trinajstić information content (AvgIpc) is 3.06. The van der Waals surface area contributed by atoms with Gasteiger partial charge in [-0.3, -0.25) is 9.59 Å². The lowest BCUT2D eigenvalue weighted by Crippen LogP contribution is -2.43. The third kappa shape index (κ3) is 3.30. The SMILES string of the molecule is Cc1ccc(NC(=O)[C@@H]2CCCN2C(=O)c2ccccc2F)cc1. The highest BCUT2D eigenvalue weighted by molar-refractivity contribution is 6.01. The molecule has 3 rings (SSSR count). The quantitative estimate of drug-likeness (QED) is 0.940. The number of nitrogens with zero attached hydrogens (tertiary/aromatic N) is 1. The Morgan fingerprint density at radius 3 is 2.54 bits per heavy atom. The van der Waals surface area contributed by atoms with Gasteiger partial charge in [0.25, 0.3) is 5.91 Å². The molecule has 0 aromatic heterocycles. The summed E-state index contributed by atoms with van der Waals surface area (Å²) in [6.07, 6.45) is 1.31. The van der Waals surface area contributed by atoms with Crippen LogP contribution in [0.1, 0.15) is 28.8 Å². The van der Waals surface area contributed by atoms with Gasteiger partial charge in [0.05, 0.1) is 5.56 Å². The molecule has 24 heavy (non-hydrogen) atoms. The molecule has 4 nitrogen and oxygen atoms in total. The second-order valence-corrected chi connectivity index (χ2v) is 5.99. The van der Waals surface area contributed by atoms with E-state index in [1.165, 1.54) is 23.1 Å². The van der Waals surface area contributed by atoms with Gasteiger partial charge >= 0.3 is 0 Å². The summed E-state index contributed by atoms with van der Waals surface area (Å²) < 4.78 is 13.9. The van der Waals surface area contributed by atoms with Crippen LogP contribution in [0.15, 0.2) is 48.5 Å². The van der Waals surface area contributed by atoms with Crippen LogP contribution in [0, 0.1) is 12.7 Å². The fourth-order valence-corrected chi connectivity index (χ4v) is 2.93. The van der Waals surface area contributed by atoms with Crippen LogP contribution in [0.4, 0.5) is 10.1 Å². The Kier molecular flexibility index (Phi) is 4.60. The van der Waals surface area contributed by atoms with Crippen molar-refractivity contribution in [3.8, 4) is 0 Å². The minimum atomic E-state index is -0.571. The topological polar surface area (TPSA) is 49.4 Å². The van der Waals surface area contributed by atoms with E-state index in [4.69, 9.17) is 0 Å². The summed E-state index contributed by atoms with van der Waals surface area (Å²) in [4.78, 5) is 26.6. The van der Waals surface area contributed by atoms with Crippen LogP contribution in [-0.4, -0.2) is 29.3 Å². The lowest BCUT2D eigenvalue weighted by molar-refractivity contribution is -0.119. The van der Waals surface area contributed by atoms with Crippen molar-refractivity contribution in [3.05, 3.63) is 65.5 Å². The maximum Gasteiger partial charge on any atom is 0.257 e. The van der Waals surface area contributed by atoms with Gasteiger partial charge in [0.1, 0.15) is 11.9 Å². The van der Waals surface area contributed by atoms with Crippen molar-refractivity contribution in [1.29, 1.82) is 0 Å². The number of benzene rings is 2. The van der Waals surface area contributed by atoms with Crippen molar-refractivity contribution in [3.63, 3.8) is 0 Å². The smallest absolute Gasteiger partial charge is 0.257 e. The Bertz CT molecular complexity index is 758. The number of likely N-dealkylation sites (tertiary alicyclic amines) is 1. The van der Waals surface area contributed by atoms with Crippen molar-refractivity contribution in [1.82, 2.24) is 4.90 Å². The number of anilines is 1. The van der Waals surface area contributed by atoms with Gasteiger partial charge in [-0.25, -0.2) is 4.39 Å². The van der Waals surface area contributed by atoms with Crippen molar-refractivity contribution in [2.45, 2.75) is 25.8 Å². The summed E-state index contributed by atoms with van der Waals surface area (Å²) in [5.74, 6) is -1.23. The van der Waals surface area contributed by atoms with E-state index in [0.29, 0.717) is 18.7 Å². The molecule has 0 radical (unpaired) electrons. The highest BCUT2D eigenvalue weighted by Gasteiger charge is 2.35. The lowest BCUT2D eigenvalue weighted by atomic mass is 10.1. The Morgan fingerprint density at radius 2 is 1.83 bits per heavy atom. The highest BCUT2D eigenvalue weighted by Crippen LogP contribution is 2.23. The molecule has 0 aliphatic carbocycles. The second kappa shape index (κ2) is 6.83. The van der Waals surface area contributed by atoms with Gasteiger partial charge in [0, 0.05) is 12.2 Å². The van der Waals surface area contributed by atoms with Gasteiger partial charge in [-0.15, -0.1) is 0 Å². The number of hydrogen-bond donors (Lipinski definition) is 1.